The van der Waals surface area contributed by atoms with Gasteiger partial charge in [-0.1, -0.05) is 27.7 Å². The summed E-state index contributed by atoms with van der Waals surface area (Å²) >= 11 is 1.64. The lowest BCUT2D eigenvalue weighted by molar-refractivity contribution is 0.0858. The van der Waals surface area contributed by atoms with Crippen molar-refractivity contribution in [3.05, 3.63) is 16.0 Å². The maximum Gasteiger partial charge on any atom is 0.171 e. The molecule has 2 N–H and O–H groups in total. The summed E-state index contributed by atoms with van der Waals surface area (Å²) in [5, 5.41) is 0.736. The molecule has 18 heavy (non-hydrogen) atoms. The summed E-state index contributed by atoms with van der Waals surface area (Å²) in [6.45, 7) is 8.13. The fourth-order valence-corrected chi connectivity index (χ4v) is 3.99. The molecular formula is C15H23NOS. The van der Waals surface area contributed by atoms with Crippen LogP contribution in [0.2, 0.25) is 0 Å². The van der Waals surface area contributed by atoms with Crippen LogP contribution in [-0.2, 0) is 6.42 Å². The molecule has 1 heterocycles. The second kappa shape index (κ2) is 4.69. The molecule has 1 aliphatic carbocycles. The Hall–Kier alpha value is -0.830. The molecule has 0 saturated carbocycles. The molecule has 0 amide bonds. The second-order valence-corrected chi connectivity index (χ2v) is 7.39. The Morgan fingerprint density at radius 1 is 1.44 bits per heavy atom. The van der Waals surface area contributed by atoms with Gasteiger partial charge >= 0.3 is 0 Å². The van der Waals surface area contributed by atoms with E-state index < -0.39 is 0 Å². The van der Waals surface area contributed by atoms with Crippen LogP contribution in [0.25, 0.3) is 0 Å². The van der Waals surface area contributed by atoms with Gasteiger partial charge in [-0.3, -0.25) is 4.79 Å². The molecule has 0 bridgehead atoms. The van der Waals surface area contributed by atoms with Crippen LogP contribution >= 0.6 is 11.3 Å². The van der Waals surface area contributed by atoms with Crippen LogP contribution in [0, 0.1) is 5.41 Å². The number of nitrogen functional groups attached to an aromatic ring is 1. The van der Waals surface area contributed by atoms with E-state index in [1.54, 1.807) is 11.3 Å². The van der Waals surface area contributed by atoms with Crippen molar-refractivity contribution in [1.82, 2.24) is 0 Å². The van der Waals surface area contributed by atoms with E-state index in [0.717, 1.165) is 23.4 Å². The predicted molar refractivity (Wildman–Crippen MR) is 78.5 cm³/mol. The van der Waals surface area contributed by atoms with Crippen LogP contribution in [0.15, 0.2) is 0 Å². The topological polar surface area (TPSA) is 43.1 Å². The smallest absolute Gasteiger partial charge is 0.171 e. The molecule has 0 spiro atoms. The highest BCUT2D eigenvalue weighted by Crippen LogP contribution is 2.45. The van der Waals surface area contributed by atoms with Crippen molar-refractivity contribution < 1.29 is 4.79 Å². The van der Waals surface area contributed by atoms with Crippen molar-refractivity contribution >= 4 is 22.1 Å². The van der Waals surface area contributed by atoms with E-state index in [-0.39, 0.29) is 11.2 Å². The third-order valence-electron chi connectivity index (χ3n) is 3.82. The largest absolute Gasteiger partial charge is 0.390 e. The molecule has 0 radical (unpaired) electrons. The minimum Gasteiger partial charge on any atom is -0.390 e. The second-order valence-electron chi connectivity index (χ2n) is 6.25. The summed E-state index contributed by atoms with van der Waals surface area (Å²) < 4.78 is 0. The van der Waals surface area contributed by atoms with Crippen LogP contribution in [0.4, 0.5) is 5.00 Å². The summed E-state index contributed by atoms with van der Waals surface area (Å²) in [6, 6.07) is 0. The van der Waals surface area contributed by atoms with Gasteiger partial charge in [0.2, 0.25) is 0 Å². The highest BCUT2D eigenvalue weighted by Gasteiger charge is 2.33. The Bertz CT molecular complexity index is 468. The van der Waals surface area contributed by atoms with Crippen LogP contribution in [0.1, 0.15) is 73.7 Å². The maximum absolute atomic E-state index is 12.6. The summed E-state index contributed by atoms with van der Waals surface area (Å²) in [5.41, 5.74) is 7.91. The zero-order chi connectivity index (χ0) is 13.5. The van der Waals surface area contributed by atoms with Gasteiger partial charge in [-0.2, -0.15) is 0 Å². The maximum atomic E-state index is 12.6. The summed E-state index contributed by atoms with van der Waals surface area (Å²) in [5.74, 6) is 0.737. The van der Waals surface area contributed by atoms with E-state index in [2.05, 4.69) is 6.92 Å². The normalized spacial score (nSPS) is 19.7. The Labute approximate surface area is 114 Å². The van der Waals surface area contributed by atoms with Gasteiger partial charge in [-0.05, 0) is 37.2 Å². The number of carbonyl (C=O) groups excluding carboxylic acids is 1. The van der Waals surface area contributed by atoms with Gasteiger partial charge in [0.05, 0.1) is 10.6 Å². The monoisotopic (exact) mass is 265 g/mol. The summed E-state index contributed by atoms with van der Waals surface area (Å²) in [4.78, 5) is 14.0. The molecule has 1 aromatic rings. The highest BCUT2D eigenvalue weighted by molar-refractivity contribution is 7.16. The Kier molecular flexibility index (Phi) is 3.54. The molecule has 1 aromatic heterocycles. The Balaban J connectivity index is 2.55. The first kappa shape index (κ1) is 13.6. The molecular weight excluding hydrogens is 242 g/mol. The molecule has 1 aliphatic rings. The molecule has 0 aliphatic heterocycles. The zero-order valence-corrected chi connectivity index (χ0v) is 12.6. The fourth-order valence-electron chi connectivity index (χ4n) is 2.80. The predicted octanol–water partition coefficient (Wildman–Crippen LogP) is 4.39. The van der Waals surface area contributed by atoms with Gasteiger partial charge in [-0.15, -0.1) is 11.3 Å². The highest BCUT2D eigenvalue weighted by atomic mass is 32.1. The number of aryl methyl sites for hydroxylation is 1. The number of hydrogen-bond acceptors (Lipinski definition) is 3. The van der Waals surface area contributed by atoms with E-state index in [0.29, 0.717) is 5.92 Å². The molecule has 2 nitrogen and oxygen atoms in total. The SMILES string of the molecule is CCC1CCCc2sc(N)c(C(=O)C(C)(C)C)c21. The minimum atomic E-state index is -0.349. The number of nitrogens with two attached hydrogens (primary N) is 1. The first-order chi connectivity index (χ1) is 8.36. The molecule has 0 fully saturated rings. The number of rotatable bonds is 2. The van der Waals surface area contributed by atoms with Crippen molar-refractivity contribution in [2.45, 2.75) is 59.3 Å². The first-order valence-electron chi connectivity index (χ1n) is 6.82. The fraction of sp³-hybridized carbons (Fsp3) is 0.667. The molecule has 0 saturated heterocycles. The lowest BCUT2D eigenvalue weighted by Gasteiger charge is -2.25. The van der Waals surface area contributed by atoms with Crippen LogP contribution < -0.4 is 5.73 Å². The van der Waals surface area contributed by atoms with Gasteiger partial charge in [-0.25, -0.2) is 0 Å². The van der Waals surface area contributed by atoms with E-state index >= 15 is 0 Å². The standard InChI is InChI=1S/C15H23NOS/c1-5-9-7-6-8-10-11(9)12(14(16)18-10)13(17)15(2,3)4/h9H,5-8,16H2,1-4H3. The van der Waals surface area contributed by atoms with E-state index in [1.165, 1.54) is 23.3 Å². The molecule has 1 atom stereocenters. The quantitative estimate of drug-likeness (QED) is 0.806. The van der Waals surface area contributed by atoms with Gasteiger partial charge in [0, 0.05) is 10.3 Å². The summed E-state index contributed by atoms with van der Waals surface area (Å²) in [7, 11) is 0. The van der Waals surface area contributed by atoms with Crippen molar-refractivity contribution in [3.63, 3.8) is 0 Å². The van der Waals surface area contributed by atoms with E-state index in [9.17, 15) is 4.79 Å². The number of anilines is 1. The number of Topliss-reactive ketones (excluding diaryl/α,β-unsaturated/α-hetero) is 1. The third-order valence-corrected chi connectivity index (χ3v) is 4.91. The van der Waals surface area contributed by atoms with Gasteiger partial charge in [0.25, 0.3) is 0 Å². The molecule has 0 aromatic carbocycles. The third kappa shape index (κ3) is 2.20. The average Bonchev–Trinajstić information content (AvgIpc) is 2.62. The van der Waals surface area contributed by atoms with Gasteiger partial charge in [0.15, 0.2) is 5.78 Å². The minimum absolute atomic E-state index is 0.206. The van der Waals surface area contributed by atoms with Crippen molar-refractivity contribution in [3.8, 4) is 0 Å². The number of thiophene rings is 1. The van der Waals surface area contributed by atoms with E-state index in [1.807, 2.05) is 20.8 Å². The average molecular weight is 265 g/mol. The van der Waals surface area contributed by atoms with Crippen molar-refractivity contribution in [1.29, 1.82) is 0 Å². The molecule has 100 valence electrons. The van der Waals surface area contributed by atoms with Crippen LogP contribution in [0.5, 0.6) is 0 Å². The summed E-state index contributed by atoms with van der Waals surface area (Å²) in [6.07, 6.45) is 4.63. The lowest BCUT2D eigenvalue weighted by atomic mass is 9.78. The lowest BCUT2D eigenvalue weighted by Crippen LogP contribution is -2.23. The first-order valence-corrected chi connectivity index (χ1v) is 7.63. The van der Waals surface area contributed by atoms with Gasteiger partial charge < -0.3 is 5.73 Å². The van der Waals surface area contributed by atoms with Crippen molar-refractivity contribution in [2.24, 2.45) is 5.41 Å². The molecule has 3 heteroatoms. The number of fused-ring (bicyclic) bond motifs is 1. The number of ketones is 1. The number of carbonyl (C=O) groups is 1. The van der Waals surface area contributed by atoms with Crippen molar-refractivity contribution in [2.75, 3.05) is 5.73 Å². The molecule has 1 unspecified atom stereocenters. The zero-order valence-electron chi connectivity index (χ0n) is 11.8. The number of hydrogen-bond donors (Lipinski definition) is 1. The molecule has 2 rings (SSSR count). The van der Waals surface area contributed by atoms with E-state index in [4.69, 9.17) is 5.73 Å². The van der Waals surface area contributed by atoms with Gasteiger partial charge in [0.1, 0.15) is 0 Å². The van der Waals surface area contributed by atoms with Crippen LogP contribution in [0.3, 0.4) is 0 Å². The Morgan fingerprint density at radius 3 is 2.67 bits per heavy atom. The van der Waals surface area contributed by atoms with Crippen LogP contribution in [-0.4, -0.2) is 5.78 Å². The Morgan fingerprint density at radius 2 is 2.11 bits per heavy atom.